The van der Waals surface area contributed by atoms with Crippen LogP contribution in [0.5, 0.6) is 5.75 Å². The van der Waals surface area contributed by atoms with Crippen LogP contribution in [0, 0.1) is 11.8 Å². The summed E-state index contributed by atoms with van der Waals surface area (Å²) in [5, 5.41) is 5.13. The van der Waals surface area contributed by atoms with E-state index in [0.717, 1.165) is 68.3 Å². The van der Waals surface area contributed by atoms with Crippen molar-refractivity contribution in [2.45, 2.75) is 89.6 Å². The minimum Gasteiger partial charge on any atom is -0.371 e. The molecule has 4 aliphatic rings. The topological polar surface area (TPSA) is 113 Å². The zero-order chi connectivity index (χ0) is 27.8. The number of benzene rings is 1. The van der Waals surface area contributed by atoms with E-state index < -0.39 is 15.7 Å². The van der Waals surface area contributed by atoms with Crippen LogP contribution in [0.25, 0.3) is 0 Å². The lowest BCUT2D eigenvalue weighted by Gasteiger charge is -2.50. The van der Waals surface area contributed by atoms with Gasteiger partial charge in [-0.3, -0.25) is 9.59 Å². The number of rotatable bonds is 7. The monoisotopic (exact) mass is 560 g/mol. The fourth-order valence-corrected chi connectivity index (χ4v) is 7.83. The summed E-state index contributed by atoms with van der Waals surface area (Å²) < 4.78 is 28.1. The number of piperidine rings is 2. The van der Waals surface area contributed by atoms with Gasteiger partial charge in [-0.2, -0.15) is 13.6 Å². The lowest BCUT2D eigenvalue weighted by molar-refractivity contribution is -0.144. The molecule has 5 rings (SSSR count). The molecule has 0 atom stereocenters. The van der Waals surface area contributed by atoms with Gasteiger partial charge in [-0.1, -0.05) is 19.9 Å². The van der Waals surface area contributed by atoms with E-state index in [-0.39, 0.29) is 17.6 Å². The van der Waals surface area contributed by atoms with Crippen molar-refractivity contribution in [1.29, 1.82) is 0 Å². The van der Waals surface area contributed by atoms with Gasteiger partial charge in [0.15, 0.2) is 0 Å². The lowest BCUT2D eigenvalue weighted by Crippen LogP contribution is -2.58. The zero-order valence-electron chi connectivity index (χ0n) is 23.4. The van der Waals surface area contributed by atoms with Crippen LogP contribution < -0.4 is 9.32 Å². The van der Waals surface area contributed by atoms with Crippen molar-refractivity contribution in [3.8, 4) is 5.75 Å². The molecule has 216 valence electrons. The average Bonchev–Trinajstić information content (AvgIpc) is 2.90. The highest BCUT2D eigenvalue weighted by Gasteiger charge is 2.49. The molecular weight excluding hydrogens is 516 g/mol. The number of likely N-dealkylation sites (tertiary alicyclic amines) is 2. The largest absolute Gasteiger partial charge is 0.380 e. The van der Waals surface area contributed by atoms with E-state index in [4.69, 9.17) is 9.32 Å². The summed E-state index contributed by atoms with van der Waals surface area (Å²) in [6, 6.07) is 5.78. The first-order valence-corrected chi connectivity index (χ1v) is 16.2. The molecule has 0 unspecified atom stereocenters. The Balaban J connectivity index is 1.35. The van der Waals surface area contributed by atoms with Gasteiger partial charge in [-0.25, -0.2) is 0 Å². The second kappa shape index (κ2) is 11.4. The Morgan fingerprint density at radius 2 is 1.69 bits per heavy atom. The molecule has 0 aromatic heterocycles. The molecule has 1 saturated carbocycles. The maximum Gasteiger partial charge on any atom is 0.380 e. The van der Waals surface area contributed by atoms with Crippen molar-refractivity contribution in [1.82, 2.24) is 14.7 Å². The molecule has 1 aliphatic carbocycles. The maximum atomic E-state index is 14.2. The number of nitrogens with zero attached hydrogens (tertiary/aromatic N) is 3. The molecule has 3 aliphatic heterocycles. The van der Waals surface area contributed by atoms with Crippen LogP contribution in [-0.4, -0.2) is 73.7 Å². The van der Waals surface area contributed by atoms with Crippen molar-refractivity contribution in [2.75, 3.05) is 32.7 Å². The lowest BCUT2D eigenvalue weighted by atomic mass is 9.67. The van der Waals surface area contributed by atoms with Crippen LogP contribution in [0.4, 0.5) is 0 Å². The zero-order valence-corrected chi connectivity index (χ0v) is 24.3. The number of carbonyl (C=O) groups excluding carboxylic acids is 2. The summed E-state index contributed by atoms with van der Waals surface area (Å²) in [5.41, 5.74) is 1.22. The normalized spacial score (nSPS) is 26.3. The molecule has 0 radical (unpaired) electrons. The number of fused-ring (bicyclic) bond motifs is 2. The summed E-state index contributed by atoms with van der Waals surface area (Å²) in [6.45, 7) is 8.49. The van der Waals surface area contributed by atoms with Crippen LogP contribution in [0.3, 0.4) is 0 Å². The smallest absolute Gasteiger partial charge is 0.371 e. The van der Waals surface area contributed by atoms with Crippen LogP contribution in [0.1, 0.15) is 82.8 Å². The molecule has 3 fully saturated rings. The number of amides is 2. The molecule has 2 saturated heterocycles. The van der Waals surface area contributed by atoms with Gasteiger partial charge in [0, 0.05) is 38.6 Å². The van der Waals surface area contributed by atoms with Gasteiger partial charge < -0.3 is 18.9 Å². The van der Waals surface area contributed by atoms with Gasteiger partial charge in [0.05, 0.1) is 5.41 Å². The first-order chi connectivity index (χ1) is 18.6. The molecule has 9 nitrogen and oxygen atoms in total. The Morgan fingerprint density at radius 1 is 1.00 bits per heavy atom. The van der Waals surface area contributed by atoms with E-state index in [2.05, 4.69) is 18.7 Å². The van der Waals surface area contributed by atoms with E-state index >= 15 is 0 Å². The first-order valence-electron chi connectivity index (χ1n) is 14.7. The molecule has 3 heterocycles. The predicted molar refractivity (Wildman–Crippen MR) is 149 cm³/mol. The fraction of sp³-hybridized carbons (Fsp3) is 0.724. The van der Waals surface area contributed by atoms with Crippen LogP contribution >= 0.6 is 0 Å². The molecule has 1 spiro atoms. The summed E-state index contributed by atoms with van der Waals surface area (Å²) in [7, 11) is -4.15. The average molecular weight is 561 g/mol. The third-order valence-corrected chi connectivity index (χ3v) is 10.2. The van der Waals surface area contributed by atoms with Crippen molar-refractivity contribution in [2.24, 2.45) is 17.0 Å². The molecule has 39 heavy (non-hydrogen) atoms. The number of hydrogen-bond donors (Lipinski definition) is 1. The molecule has 1 aromatic carbocycles. The van der Waals surface area contributed by atoms with Crippen molar-refractivity contribution < 1.29 is 22.2 Å². The van der Waals surface area contributed by atoms with E-state index in [0.29, 0.717) is 32.1 Å². The first kappa shape index (κ1) is 28.4. The molecule has 1 aromatic rings. The van der Waals surface area contributed by atoms with Crippen LogP contribution in [0.15, 0.2) is 18.2 Å². The summed E-state index contributed by atoms with van der Waals surface area (Å²) in [5.74, 6) is 2.00. The third-order valence-electron chi connectivity index (χ3n) is 9.78. The van der Waals surface area contributed by atoms with Crippen LogP contribution in [-0.2, 0) is 31.9 Å². The van der Waals surface area contributed by atoms with E-state index in [1.54, 1.807) is 12.1 Å². The Hall–Kier alpha value is -2.17. The van der Waals surface area contributed by atoms with Crippen molar-refractivity contribution in [3.05, 3.63) is 29.3 Å². The molecule has 0 bridgehead atoms. The van der Waals surface area contributed by atoms with Gasteiger partial charge >= 0.3 is 10.3 Å². The molecule has 2 N–H and O–H groups in total. The highest BCUT2D eigenvalue weighted by molar-refractivity contribution is 7.84. The second-order valence-electron chi connectivity index (χ2n) is 12.4. The van der Waals surface area contributed by atoms with E-state index in [9.17, 15) is 18.0 Å². The Labute approximate surface area is 233 Å². The highest BCUT2D eigenvalue weighted by atomic mass is 32.2. The Bertz CT molecular complexity index is 1170. The van der Waals surface area contributed by atoms with Crippen molar-refractivity contribution >= 4 is 22.1 Å². The third kappa shape index (κ3) is 6.12. The Kier molecular flexibility index (Phi) is 8.27. The van der Waals surface area contributed by atoms with E-state index in [1.165, 1.54) is 25.7 Å². The number of nitrogens with two attached hydrogens (primary N) is 1. The molecule has 2 amide bonds. The van der Waals surface area contributed by atoms with E-state index in [1.807, 2.05) is 15.9 Å². The van der Waals surface area contributed by atoms with Gasteiger partial charge in [0.1, 0.15) is 5.75 Å². The van der Waals surface area contributed by atoms with Gasteiger partial charge in [-0.15, -0.1) is 0 Å². The number of carbonyl (C=O) groups is 2. The predicted octanol–water partition coefficient (Wildman–Crippen LogP) is 3.17. The maximum absolute atomic E-state index is 14.2. The van der Waals surface area contributed by atoms with Crippen LogP contribution in [0.2, 0.25) is 0 Å². The quantitative estimate of drug-likeness (QED) is 0.548. The SMILES string of the molecule is CC(C)C1CCC(N2CCC3(CC2)C(=O)N(CCN2CCCCC2=O)Cc2cc(OS(N)(=O)=O)ccc23)CC1. The second-order valence-corrected chi connectivity index (χ2v) is 13.5. The molecular formula is C29H44N4O5S. The summed E-state index contributed by atoms with van der Waals surface area (Å²) >= 11 is 0. The van der Waals surface area contributed by atoms with Gasteiger partial charge in [0.2, 0.25) is 11.8 Å². The van der Waals surface area contributed by atoms with Crippen molar-refractivity contribution in [3.63, 3.8) is 0 Å². The van der Waals surface area contributed by atoms with Gasteiger partial charge in [0.25, 0.3) is 0 Å². The number of hydrogen-bond acceptors (Lipinski definition) is 6. The Morgan fingerprint density at radius 3 is 2.33 bits per heavy atom. The standard InChI is InChI=1S/C29H44N4O5S/c1-21(2)22-6-8-24(9-7-22)31-15-12-29(13-16-31)26-11-10-25(38-39(30,36)37)19-23(26)20-33(28(29)35)18-17-32-14-4-3-5-27(32)34/h10-11,19,21-22,24H,3-9,12-18,20H2,1-2H3,(H2,30,36,37). The summed E-state index contributed by atoms with van der Waals surface area (Å²) in [4.78, 5) is 32.9. The minimum absolute atomic E-state index is 0.128. The highest BCUT2D eigenvalue weighted by Crippen LogP contribution is 2.45. The summed E-state index contributed by atoms with van der Waals surface area (Å²) in [6.07, 6.45) is 8.98. The molecule has 10 heteroatoms. The minimum atomic E-state index is -4.15. The van der Waals surface area contributed by atoms with Gasteiger partial charge in [-0.05, 0) is 99.6 Å². The fourth-order valence-electron chi connectivity index (χ4n) is 7.46.